The third kappa shape index (κ3) is 5.42. The van der Waals surface area contributed by atoms with E-state index in [2.05, 4.69) is 20.5 Å². The van der Waals surface area contributed by atoms with Gasteiger partial charge in [-0.3, -0.25) is 14.6 Å². The first-order valence-corrected chi connectivity index (χ1v) is 13.5. The van der Waals surface area contributed by atoms with Crippen LogP contribution in [0.25, 0.3) is 0 Å². The van der Waals surface area contributed by atoms with Crippen LogP contribution in [0.4, 0.5) is 4.39 Å². The highest BCUT2D eigenvalue weighted by Crippen LogP contribution is 2.41. The lowest BCUT2D eigenvalue weighted by atomic mass is 9.87. The largest absolute Gasteiger partial charge is 0.493 e. The molecule has 0 aliphatic carbocycles. The first kappa shape index (κ1) is 27.1. The average Bonchev–Trinajstić information content (AvgIpc) is 3.40. The van der Waals surface area contributed by atoms with E-state index >= 15 is 0 Å². The van der Waals surface area contributed by atoms with Gasteiger partial charge in [-0.1, -0.05) is 12.1 Å². The Morgan fingerprint density at radius 2 is 1.95 bits per heavy atom. The number of fused-ring (bicyclic) bond motifs is 6. The molecule has 1 atom stereocenters. The van der Waals surface area contributed by atoms with Gasteiger partial charge in [-0.15, -0.1) is 0 Å². The van der Waals surface area contributed by atoms with Gasteiger partial charge in [-0.05, 0) is 72.0 Å². The fourth-order valence-electron chi connectivity index (χ4n) is 5.33. The second-order valence-corrected chi connectivity index (χ2v) is 10.0. The van der Waals surface area contributed by atoms with Crippen LogP contribution in [0.15, 0.2) is 59.4 Å². The Labute approximate surface area is 239 Å². The summed E-state index contributed by atoms with van der Waals surface area (Å²) >= 11 is 0. The van der Waals surface area contributed by atoms with Gasteiger partial charge in [-0.25, -0.2) is 14.3 Å². The van der Waals surface area contributed by atoms with Crippen molar-refractivity contribution in [3.8, 4) is 23.0 Å². The number of amides is 2. The van der Waals surface area contributed by atoms with Crippen molar-refractivity contribution in [3.63, 3.8) is 0 Å². The lowest BCUT2D eigenvalue weighted by Crippen LogP contribution is -2.41. The van der Waals surface area contributed by atoms with E-state index in [1.54, 1.807) is 24.1 Å². The van der Waals surface area contributed by atoms with Crippen molar-refractivity contribution in [2.75, 3.05) is 26.8 Å². The number of aromatic nitrogens is 3. The number of carbonyl (C=O) groups excluding carboxylic acids is 2. The van der Waals surface area contributed by atoms with Crippen LogP contribution >= 0.6 is 0 Å². The number of H-pyrrole nitrogens is 2. The Morgan fingerprint density at radius 1 is 1.12 bits per heavy atom. The summed E-state index contributed by atoms with van der Waals surface area (Å²) < 4.78 is 32.1. The van der Waals surface area contributed by atoms with Crippen molar-refractivity contribution in [2.24, 2.45) is 0 Å². The highest BCUT2D eigenvalue weighted by molar-refractivity contribution is 5.94. The number of nitrogens with zero attached hydrogens (tertiary/aromatic N) is 2. The summed E-state index contributed by atoms with van der Waals surface area (Å²) in [4.78, 5) is 42.1. The monoisotopic (exact) mass is 573 g/mol. The summed E-state index contributed by atoms with van der Waals surface area (Å²) in [6, 6.07) is 14.7. The number of nitrogens with one attached hydrogen (secondary N) is 3. The molecule has 42 heavy (non-hydrogen) atoms. The molecule has 12 heteroatoms. The third-order valence-corrected chi connectivity index (χ3v) is 7.32. The van der Waals surface area contributed by atoms with Crippen LogP contribution in [0.5, 0.6) is 23.0 Å². The van der Waals surface area contributed by atoms with Gasteiger partial charge in [0.05, 0.1) is 31.7 Å². The van der Waals surface area contributed by atoms with E-state index < -0.39 is 23.5 Å². The van der Waals surface area contributed by atoms with Crippen LogP contribution in [0, 0.1) is 5.82 Å². The Kier molecular flexibility index (Phi) is 7.34. The summed E-state index contributed by atoms with van der Waals surface area (Å²) in [5.41, 5.74) is 2.08. The number of methoxy groups -OCH3 is 1. The minimum Gasteiger partial charge on any atom is -0.493 e. The first-order chi connectivity index (χ1) is 20.4. The van der Waals surface area contributed by atoms with Crippen molar-refractivity contribution in [1.82, 2.24) is 25.4 Å². The molecular weight excluding hydrogens is 545 g/mol. The van der Waals surface area contributed by atoms with Gasteiger partial charge in [-0.2, -0.15) is 5.10 Å². The molecule has 3 aromatic carbocycles. The zero-order chi connectivity index (χ0) is 29.2. The molecule has 0 radical (unpaired) electrons. The molecule has 0 saturated heterocycles. The molecule has 4 aromatic rings. The molecule has 3 aliphatic heterocycles. The zero-order valence-corrected chi connectivity index (χ0v) is 22.7. The number of benzene rings is 3. The number of carbonyl (C=O) groups is 2. The van der Waals surface area contributed by atoms with Gasteiger partial charge in [0, 0.05) is 13.1 Å². The average molecular weight is 574 g/mol. The highest BCUT2D eigenvalue weighted by Gasteiger charge is 2.33. The van der Waals surface area contributed by atoms with E-state index in [4.69, 9.17) is 14.2 Å². The van der Waals surface area contributed by atoms with Gasteiger partial charge in [0.15, 0.2) is 11.5 Å². The van der Waals surface area contributed by atoms with E-state index in [0.717, 1.165) is 16.7 Å². The van der Waals surface area contributed by atoms with Crippen LogP contribution in [0.1, 0.15) is 45.3 Å². The van der Waals surface area contributed by atoms with Crippen molar-refractivity contribution in [2.45, 2.75) is 25.3 Å². The van der Waals surface area contributed by atoms with Crippen molar-refractivity contribution in [1.29, 1.82) is 0 Å². The number of hydrogen-bond donors (Lipinski definition) is 3. The molecule has 4 heterocycles. The fraction of sp³-hybridized carbons (Fsp3) is 0.267. The molecule has 0 saturated carbocycles. The smallest absolute Gasteiger partial charge is 0.340 e. The topological polar surface area (TPSA) is 139 Å². The Hall–Kier alpha value is -5.13. The molecule has 216 valence electrons. The van der Waals surface area contributed by atoms with Gasteiger partial charge in [0.25, 0.3) is 5.91 Å². The molecular formula is C30H28FN5O6. The predicted molar refractivity (Wildman–Crippen MR) is 149 cm³/mol. The maximum atomic E-state index is 14.5. The summed E-state index contributed by atoms with van der Waals surface area (Å²) in [6.45, 7) is 0.916. The number of hydrogen-bond acceptors (Lipinski definition) is 7. The number of aromatic amines is 2. The minimum atomic E-state index is -0.649. The number of ether oxygens (including phenoxy) is 3. The highest BCUT2D eigenvalue weighted by atomic mass is 19.1. The van der Waals surface area contributed by atoms with E-state index in [-0.39, 0.29) is 36.9 Å². The standard InChI is InChI=1S/C30H28FN5O6/c1-40-24-8-3-18-14-25(24)41-12-2-10-32-29(38)22-15-20(5-7-23(22)31)42-19-4-6-21-17(13-19)9-11-36(28(18)21)27(37)16-26-33-30(39)35-34-26/h3-8,13-15,28H,2,9-12,16H2,1H3,(H,32,38)(H2,33,34,35,39). The second kappa shape index (κ2) is 11.4. The molecule has 8 bridgehead atoms. The lowest BCUT2D eigenvalue weighted by molar-refractivity contribution is -0.132. The maximum absolute atomic E-state index is 14.5. The zero-order valence-electron chi connectivity index (χ0n) is 22.7. The van der Waals surface area contributed by atoms with Crippen LogP contribution in [-0.4, -0.2) is 58.7 Å². The van der Waals surface area contributed by atoms with Crippen LogP contribution in [-0.2, 0) is 17.6 Å². The predicted octanol–water partition coefficient (Wildman–Crippen LogP) is 3.27. The van der Waals surface area contributed by atoms with Crippen molar-refractivity contribution < 1.29 is 28.2 Å². The molecule has 3 aliphatic rings. The molecule has 0 fully saturated rings. The fourth-order valence-corrected chi connectivity index (χ4v) is 5.33. The van der Waals surface area contributed by atoms with E-state index in [9.17, 15) is 18.8 Å². The minimum absolute atomic E-state index is 0.0795. The van der Waals surface area contributed by atoms with Crippen molar-refractivity contribution >= 4 is 11.8 Å². The van der Waals surface area contributed by atoms with Crippen LogP contribution in [0.2, 0.25) is 0 Å². The summed E-state index contributed by atoms with van der Waals surface area (Å²) in [6.07, 6.45) is 0.921. The molecule has 3 N–H and O–H groups in total. The van der Waals surface area contributed by atoms with E-state index in [1.807, 2.05) is 24.3 Å². The number of rotatable bonds is 3. The van der Waals surface area contributed by atoms with Gasteiger partial charge in [0.2, 0.25) is 5.91 Å². The summed E-state index contributed by atoms with van der Waals surface area (Å²) in [7, 11) is 1.54. The number of halogens is 1. The van der Waals surface area contributed by atoms with Gasteiger partial charge >= 0.3 is 5.69 Å². The van der Waals surface area contributed by atoms with Crippen LogP contribution in [0.3, 0.4) is 0 Å². The molecule has 1 aromatic heterocycles. The van der Waals surface area contributed by atoms with Gasteiger partial charge < -0.3 is 24.4 Å². The first-order valence-electron chi connectivity index (χ1n) is 13.5. The van der Waals surface area contributed by atoms with Crippen LogP contribution < -0.4 is 25.2 Å². The normalized spacial score (nSPS) is 16.5. The molecule has 0 spiro atoms. The lowest BCUT2D eigenvalue weighted by Gasteiger charge is -2.38. The maximum Gasteiger partial charge on any atom is 0.340 e. The molecule has 1 unspecified atom stereocenters. The molecule has 11 nitrogen and oxygen atoms in total. The quantitative estimate of drug-likeness (QED) is 0.342. The second-order valence-electron chi connectivity index (χ2n) is 10.0. The SMILES string of the molecule is COc1ccc2cc1OCCCNC(=O)c1cc(ccc1F)Oc1ccc3c(c1)CCN(C(=O)Cc1n[nH]c(=O)[nH]1)C23. The van der Waals surface area contributed by atoms with Crippen molar-refractivity contribution in [3.05, 3.63) is 99.0 Å². The Morgan fingerprint density at radius 3 is 2.76 bits per heavy atom. The summed E-state index contributed by atoms with van der Waals surface area (Å²) in [5, 5.41) is 8.92. The third-order valence-electron chi connectivity index (χ3n) is 7.32. The van der Waals surface area contributed by atoms with E-state index in [0.29, 0.717) is 42.4 Å². The molecule has 7 rings (SSSR count). The van der Waals surface area contributed by atoms with Gasteiger partial charge in [0.1, 0.15) is 23.1 Å². The summed E-state index contributed by atoms with van der Waals surface area (Å²) in [5.74, 6) is 0.690. The van der Waals surface area contributed by atoms with E-state index in [1.165, 1.54) is 18.2 Å². The molecule has 2 amide bonds. The Bertz CT molecular complexity index is 1720. The Balaban J connectivity index is 1.43.